The van der Waals surface area contributed by atoms with Crippen molar-refractivity contribution in [2.75, 3.05) is 23.0 Å². The largest absolute Gasteiger partial charge is 0.485 e. The van der Waals surface area contributed by atoms with Crippen molar-refractivity contribution < 1.29 is 17.9 Å². The van der Waals surface area contributed by atoms with Gasteiger partial charge < -0.3 is 15.0 Å². The first-order valence-corrected chi connectivity index (χ1v) is 13.6. The summed E-state index contributed by atoms with van der Waals surface area (Å²) in [6.45, 7) is 2.71. The van der Waals surface area contributed by atoms with Crippen LogP contribution in [0.3, 0.4) is 0 Å². The van der Waals surface area contributed by atoms with Crippen LogP contribution in [0.15, 0.2) is 65.8 Å². The zero-order valence-electron chi connectivity index (χ0n) is 19.9. The van der Waals surface area contributed by atoms with Gasteiger partial charge in [0.05, 0.1) is 22.3 Å². The van der Waals surface area contributed by atoms with Crippen molar-refractivity contribution >= 4 is 43.8 Å². The third-order valence-corrected chi connectivity index (χ3v) is 7.83. The van der Waals surface area contributed by atoms with Crippen LogP contribution in [0.25, 0.3) is 22.0 Å². The molecular weight excluding hydrogens is 476 g/mol. The predicted molar refractivity (Wildman–Crippen MR) is 138 cm³/mol. The van der Waals surface area contributed by atoms with Gasteiger partial charge in [-0.1, -0.05) is 6.07 Å². The number of nitrogens with one attached hydrogen (secondary N) is 1. The fourth-order valence-corrected chi connectivity index (χ4v) is 5.82. The van der Waals surface area contributed by atoms with Gasteiger partial charge in [-0.2, -0.15) is 0 Å². The van der Waals surface area contributed by atoms with E-state index in [1.165, 1.54) is 6.26 Å². The summed E-state index contributed by atoms with van der Waals surface area (Å²) >= 11 is 0. The lowest BCUT2D eigenvalue weighted by atomic mass is 9.94. The van der Waals surface area contributed by atoms with E-state index in [1.807, 2.05) is 42.3 Å². The van der Waals surface area contributed by atoms with E-state index in [0.29, 0.717) is 28.8 Å². The monoisotopic (exact) mass is 500 g/mol. The van der Waals surface area contributed by atoms with Crippen LogP contribution in [-0.2, 0) is 14.6 Å². The smallest absolute Gasteiger partial charge is 0.227 e. The molecule has 4 heterocycles. The number of rotatable bonds is 4. The normalized spacial score (nSPS) is 17.0. The van der Waals surface area contributed by atoms with Gasteiger partial charge in [0.1, 0.15) is 17.7 Å². The summed E-state index contributed by atoms with van der Waals surface area (Å²) in [5.41, 5.74) is 4.99. The van der Waals surface area contributed by atoms with E-state index < -0.39 is 9.84 Å². The summed E-state index contributed by atoms with van der Waals surface area (Å²) < 4.78 is 30.7. The number of carbonyl (C=O) groups is 1. The molecule has 2 aliphatic rings. The van der Waals surface area contributed by atoms with Crippen LogP contribution < -0.4 is 15.0 Å². The average molecular weight is 501 g/mol. The van der Waals surface area contributed by atoms with Crippen molar-refractivity contribution in [3.05, 3.63) is 66.5 Å². The van der Waals surface area contributed by atoms with Crippen molar-refractivity contribution in [2.45, 2.75) is 30.8 Å². The van der Waals surface area contributed by atoms with Crippen molar-refractivity contribution in [1.29, 1.82) is 0 Å². The summed E-state index contributed by atoms with van der Waals surface area (Å²) in [5.74, 6) is 1.48. The maximum atomic E-state index is 12.2. The highest BCUT2D eigenvalue weighted by Crippen LogP contribution is 2.44. The van der Waals surface area contributed by atoms with Gasteiger partial charge in [0.15, 0.2) is 9.84 Å². The Hall–Kier alpha value is -3.98. The number of ether oxygens (including phenoxy) is 1. The van der Waals surface area contributed by atoms with Crippen LogP contribution in [0.4, 0.5) is 17.2 Å². The first-order chi connectivity index (χ1) is 17.3. The van der Waals surface area contributed by atoms with Gasteiger partial charge in [-0.05, 0) is 49.7 Å². The van der Waals surface area contributed by atoms with Gasteiger partial charge >= 0.3 is 0 Å². The van der Waals surface area contributed by atoms with E-state index in [4.69, 9.17) is 4.74 Å². The third-order valence-electron chi connectivity index (χ3n) is 6.68. The Balaban J connectivity index is 1.33. The topological polar surface area (TPSA) is 101 Å². The molecule has 0 radical (unpaired) electrons. The Morgan fingerprint density at radius 1 is 1.06 bits per heavy atom. The minimum absolute atomic E-state index is 0.142. The van der Waals surface area contributed by atoms with Gasteiger partial charge in [0, 0.05) is 59.2 Å². The first kappa shape index (κ1) is 22.5. The minimum atomic E-state index is -3.40. The molecule has 0 spiro atoms. The average Bonchev–Trinajstić information content (AvgIpc) is 3.28. The van der Waals surface area contributed by atoms with Gasteiger partial charge in [0.25, 0.3) is 0 Å². The number of fused-ring (bicyclic) bond motifs is 4. The number of carbonyl (C=O) groups excluding carboxylic acids is 1. The first-order valence-electron chi connectivity index (χ1n) is 11.8. The van der Waals surface area contributed by atoms with Crippen molar-refractivity contribution in [3.8, 4) is 16.9 Å². The van der Waals surface area contributed by atoms with Gasteiger partial charge in [0.2, 0.25) is 5.91 Å². The summed E-state index contributed by atoms with van der Waals surface area (Å²) in [4.78, 5) is 23.2. The molecule has 1 N–H and O–H groups in total. The van der Waals surface area contributed by atoms with Crippen molar-refractivity contribution in [1.82, 2.24) is 9.97 Å². The lowest BCUT2D eigenvalue weighted by molar-refractivity contribution is -0.117. The standard InChI is InChI=1S/C27H24N4O4S/c1-16-20-13-26(30-17-11-21-23(28-14-17)5-3-6-25(21)36(2,33)34)29-15-22(20)19-9-8-18(12-24(19)35-16)31-10-4-7-27(31)32/h3,5-6,8-9,11-16H,4,7,10H2,1-2H3,(H,29,30)/t16-/m0/s1. The van der Waals surface area contributed by atoms with Crippen LogP contribution in [0, 0.1) is 0 Å². The molecule has 1 amide bonds. The highest BCUT2D eigenvalue weighted by molar-refractivity contribution is 7.91. The Kier molecular flexibility index (Phi) is 5.19. The van der Waals surface area contributed by atoms with E-state index in [2.05, 4.69) is 15.3 Å². The number of aromatic nitrogens is 2. The highest BCUT2D eigenvalue weighted by atomic mass is 32.2. The second kappa shape index (κ2) is 8.30. The lowest BCUT2D eigenvalue weighted by Gasteiger charge is -2.28. The number of hydrogen-bond acceptors (Lipinski definition) is 7. The van der Waals surface area contributed by atoms with Crippen LogP contribution in [-0.4, -0.2) is 37.1 Å². The fourth-order valence-electron chi connectivity index (χ4n) is 4.94. The fraction of sp³-hybridized carbons (Fsp3) is 0.222. The molecule has 2 aromatic heterocycles. The molecule has 1 saturated heterocycles. The second-order valence-electron chi connectivity index (χ2n) is 9.19. The number of hydrogen-bond donors (Lipinski definition) is 1. The number of nitrogens with zero attached hydrogens (tertiary/aromatic N) is 3. The minimum Gasteiger partial charge on any atom is -0.485 e. The molecule has 1 atom stereocenters. The van der Waals surface area contributed by atoms with Gasteiger partial charge in [-0.3, -0.25) is 9.78 Å². The quantitative estimate of drug-likeness (QED) is 0.420. The maximum Gasteiger partial charge on any atom is 0.227 e. The summed E-state index contributed by atoms with van der Waals surface area (Å²) in [6, 6.07) is 14.6. The molecule has 0 saturated carbocycles. The number of anilines is 3. The van der Waals surface area contributed by atoms with Crippen molar-refractivity contribution in [2.24, 2.45) is 0 Å². The lowest BCUT2D eigenvalue weighted by Crippen LogP contribution is -2.24. The van der Waals surface area contributed by atoms with E-state index >= 15 is 0 Å². The third kappa shape index (κ3) is 3.85. The number of amides is 1. The summed E-state index contributed by atoms with van der Waals surface area (Å²) in [7, 11) is -3.40. The van der Waals surface area contributed by atoms with E-state index in [1.54, 1.807) is 30.5 Å². The SMILES string of the molecule is C[C@@H]1Oc2cc(N3CCCC3=O)ccc2-c2cnc(Nc3cnc4cccc(S(C)(=O)=O)c4c3)cc21. The van der Waals surface area contributed by atoms with Crippen molar-refractivity contribution in [3.63, 3.8) is 0 Å². The number of sulfone groups is 1. The zero-order valence-corrected chi connectivity index (χ0v) is 20.7. The molecule has 0 bridgehead atoms. The maximum absolute atomic E-state index is 12.2. The van der Waals surface area contributed by atoms with E-state index in [9.17, 15) is 13.2 Å². The molecule has 6 rings (SSSR count). The van der Waals surface area contributed by atoms with Crippen LogP contribution in [0.2, 0.25) is 0 Å². The van der Waals surface area contributed by atoms with E-state index in [-0.39, 0.29) is 16.9 Å². The molecule has 2 aromatic carbocycles. The Morgan fingerprint density at radius 2 is 1.92 bits per heavy atom. The summed E-state index contributed by atoms with van der Waals surface area (Å²) in [5, 5.41) is 3.81. The highest BCUT2D eigenvalue weighted by Gasteiger charge is 2.27. The van der Waals surface area contributed by atoms with Gasteiger partial charge in [-0.15, -0.1) is 0 Å². The zero-order chi connectivity index (χ0) is 25.0. The molecule has 182 valence electrons. The molecule has 36 heavy (non-hydrogen) atoms. The van der Waals surface area contributed by atoms with Crippen LogP contribution in [0.1, 0.15) is 31.4 Å². The van der Waals surface area contributed by atoms with Crippen LogP contribution in [0.5, 0.6) is 5.75 Å². The van der Waals surface area contributed by atoms with Gasteiger partial charge in [-0.25, -0.2) is 13.4 Å². The molecule has 2 aliphatic heterocycles. The second-order valence-corrected chi connectivity index (χ2v) is 11.2. The number of pyridine rings is 2. The molecule has 0 aliphatic carbocycles. The molecular formula is C27H24N4O4S. The summed E-state index contributed by atoms with van der Waals surface area (Å²) in [6.07, 6.45) is 5.90. The Morgan fingerprint density at radius 3 is 2.69 bits per heavy atom. The predicted octanol–water partition coefficient (Wildman–Crippen LogP) is 5.02. The van der Waals surface area contributed by atoms with Crippen LogP contribution >= 0.6 is 0 Å². The molecule has 1 fully saturated rings. The Labute approximate surface area is 208 Å². The molecule has 8 nitrogen and oxygen atoms in total. The van der Waals surface area contributed by atoms with E-state index in [0.717, 1.165) is 41.1 Å². The molecule has 9 heteroatoms. The number of benzene rings is 2. The Bertz CT molecular complexity index is 1650. The molecule has 0 unspecified atom stereocenters. The molecule has 4 aromatic rings.